The number of hydrogen-bond acceptors (Lipinski definition) is 2. The molecule has 3 nitrogen and oxygen atoms in total. The van der Waals surface area contributed by atoms with Gasteiger partial charge in [-0.15, -0.1) is 11.6 Å². The normalized spacial score (nSPS) is 16.5. The third kappa shape index (κ3) is 3.42. The first-order chi connectivity index (χ1) is 9.15. The molecule has 0 saturated carbocycles. The highest BCUT2D eigenvalue weighted by Crippen LogP contribution is 2.26. The number of amides is 1. The van der Waals surface area contributed by atoms with E-state index < -0.39 is 0 Å². The predicted molar refractivity (Wildman–Crippen MR) is 80.0 cm³/mol. The summed E-state index contributed by atoms with van der Waals surface area (Å²) in [5, 5.41) is 0. The van der Waals surface area contributed by atoms with E-state index in [-0.39, 0.29) is 5.91 Å². The van der Waals surface area contributed by atoms with Crippen LogP contribution in [0.15, 0.2) is 22.7 Å². The van der Waals surface area contributed by atoms with Gasteiger partial charge in [0.2, 0.25) is 0 Å². The van der Waals surface area contributed by atoms with Crippen LogP contribution in [0.4, 0.5) is 0 Å². The van der Waals surface area contributed by atoms with E-state index in [1.54, 1.807) is 13.2 Å². The van der Waals surface area contributed by atoms with Crippen LogP contribution in [0.3, 0.4) is 0 Å². The zero-order valence-electron chi connectivity index (χ0n) is 10.9. The van der Waals surface area contributed by atoms with Crippen LogP contribution in [0.25, 0.3) is 0 Å². The first kappa shape index (κ1) is 14.7. The van der Waals surface area contributed by atoms with Crippen LogP contribution in [0.1, 0.15) is 23.2 Å². The van der Waals surface area contributed by atoms with Crippen molar-refractivity contribution in [3.8, 4) is 5.75 Å². The molecule has 1 fully saturated rings. The van der Waals surface area contributed by atoms with Crippen molar-refractivity contribution in [2.24, 2.45) is 5.92 Å². The monoisotopic (exact) mass is 345 g/mol. The van der Waals surface area contributed by atoms with Crippen LogP contribution in [-0.4, -0.2) is 36.9 Å². The van der Waals surface area contributed by atoms with Gasteiger partial charge in [-0.3, -0.25) is 4.79 Å². The molecule has 0 atom stereocenters. The van der Waals surface area contributed by atoms with E-state index in [9.17, 15) is 4.79 Å². The Morgan fingerprint density at radius 1 is 1.47 bits per heavy atom. The fourth-order valence-electron chi connectivity index (χ4n) is 2.30. The summed E-state index contributed by atoms with van der Waals surface area (Å²) >= 11 is 9.24. The smallest absolute Gasteiger partial charge is 0.257 e. The molecule has 1 aromatic rings. The number of nitrogens with zero attached hydrogens (tertiary/aromatic N) is 1. The first-order valence-electron chi connectivity index (χ1n) is 6.34. The Labute approximate surface area is 127 Å². The summed E-state index contributed by atoms with van der Waals surface area (Å²) in [6.45, 7) is 1.55. The summed E-state index contributed by atoms with van der Waals surface area (Å²) in [5.74, 6) is 1.87. The Morgan fingerprint density at radius 3 is 2.74 bits per heavy atom. The quantitative estimate of drug-likeness (QED) is 0.783. The van der Waals surface area contributed by atoms with E-state index in [1.807, 2.05) is 17.0 Å². The summed E-state index contributed by atoms with van der Waals surface area (Å²) in [6.07, 6.45) is 1.96. The second-order valence-corrected chi connectivity index (χ2v) is 5.96. The highest BCUT2D eigenvalue weighted by molar-refractivity contribution is 9.10. The van der Waals surface area contributed by atoms with Gasteiger partial charge in [-0.2, -0.15) is 0 Å². The minimum atomic E-state index is 0.0392. The summed E-state index contributed by atoms with van der Waals surface area (Å²) in [5.41, 5.74) is 0.620. The number of ether oxygens (including phenoxy) is 1. The molecule has 1 aliphatic heterocycles. The fourth-order valence-corrected chi connectivity index (χ4v) is 2.95. The van der Waals surface area contributed by atoms with E-state index in [1.165, 1.54) is 0 Å². The lowest BCUT2D eigenvalue weighted by Gasteiger charge is -2.31. The van der Waals surface area contributed by atoms with E-state index >= 15 is 0 Å². The number of likely N-dealkylation sites (tertiary alicyclic amines) is 1. The van der Waals surface area contributed by atoms with Crippen LogP contribution in [-0.2, 0) is 0 Å². The number of rotatable bonds is 3. The second-order valence-electron chi connectivity index (χ2n) is 4.73. The van der Waals surface area contributed by atoms with Crippen LogP contribution < -0.4 is 4.74 Å². The van der Waals surface area contributed by atoms with E-state index in [0.29, 0.717) is 23.1 Å². The molecule has 2 rings (SSSR count). The standard InChI is InChI=1S/C14H17BrClNO2/c1-19-13-8-11(15)2-3-12(13)14(18)17-6-4-10(9-16)5-7-17/h2-3,8,10H,4-7,9H2,1H3. The Morgan fingerprint density at radius 2 is 2.16 bits per heavy atom. The maximum atomic E-state index is 12.5. The van der Waals surface area contributed by atoms with Gasteiger partial charge in [-0.1, -0.05) is 15.9 Å². The minimum Gasteiger partial charge on any atom is -0.496 e. The van der Waals surface area contributed by atoms with Gasteiger partial charge < -0.3 is 9.64 Å². The number of piperidine rings is 1. The third-order valence-corrected chi connectivity index (χ3v) is 4.44. The number of alkyl halides is 1. The zero-order chi connectivity index (χ0) is 13.8. The molecular formula is C14H17BrClNO2. The largest absolute Gasteiger partial charge is 0.496 e. The van der Waals surface area contributed by atoms with Crippen molar-refractivity contribution in [2.45, 2.75) is 12.8 Å². The molecule has 0 radical (unpaired) electrons. The molecule has 0 unspecified atom stereocenters. The number of halogens is 2. The molecule has 1 aromatic carbocycles. The molecule has 0 bridgehead atoms. The molecule has 0 N–H and O–H groups in total. The van der Waals surface area contributed by atoms with Gasteiger partial charge in [0.1, 0.15) is 5.75 Å². The Kier molecular flexibility index (Phi) is 5.11. The average molecular weight is 347 g/mol. The number of hydrogen-bond donors (Lipinski definition) is 0. The molecule has 5 heteroatoms. The van der Waals surface area contributed by atoms with Crippen LogP contribution >= 0.6 is 27.5 Å². The number of benzene rings is 1. The van der Waals surface area contributed by atoms with Crippen molar-refractivity contribution < 1.29 is 9.53 Å². The Balaban J connectivity index is 2.12. The lowest BCUT2D eigenvalue weighted by molar-refractivity contribution is 0.0695. The molecule has 1 amide bonds. The molecule has 0 aliphatic carbocycles. The van der Waals surface area contributed by atoms with Crippen LogP contribution in [0.5, 0.6) is 5.75 Å². The molecular weight excluding hydrogens is 330 g/mol. The average Bonchev–Trinajstić information content (AvgIpc) is 2.46. The van der Waals surface area contributed by atoms with Gasteiger partial charge in [0.25, 0.3) is 5.91 Å². The summed E-state index contributed by atoms with van der Waals surface area (Å²) < 4.78 is 6.19. The molecule has 1 saturated heterocycles. The molecule has 0 spiro atoms. The lowest BCUT2D eigenvalue weighted by atomic mass is 9.98. The minimum absolute atomic E-state index is 0.0392. The number of carbonyl (C=O) groups excluding carboxylic acids is 1. The second kappa shape index (κ2) is 6.62. The summed E-state index contributed by atoms with van der Waals surface area (Å²) in [6, 6.07) is 5.49. The Bertz CT molecular complexity index is 459. The maximum Gasteiger partial charge on any atom is 0.257 e. The molecule has 19 heavy (non-hydrogen) atoms. The molecule has 1 heterocycles. The van der Waals surface area contributed by atoms with E-state index in [4.69, 9.17) is 16.3 Å². The third-order valence-electron chi connectivity index (χ3n) is 3.51. The molecule has 104 valence electrons. The van der Waals surface area contributed by atoms with Gasteiger partial charge in [-0.05, 0) is 37.0 Å². The number of methoxy groups -OCH3 is 1. The van der Waals surface area contributed by atoms with Crippen molar-refractivity contribution in [3.63, 3.8) is 0 Å². The van der Waals surface area contributed by atoms with Gasteiger partial charge in [0.15, 0.2) is 0 Å². The zero-order valence-corrected chi connectivity index (χ0v) is 13.2. The van der Waals surface area contributed by atoms with Crippen molar-refractivity contribution in [1.29, 1.82) is 0 Å². The predicted octanol–water partition coefficient (Wildman–Crippen LogP) is 3.55. The highest BCUT2D eigenvalue weighted by atomic mass is 79.9. The van der Waals surface area contributed by atoms with E-state index in [2.05, 4.69) is 15.9 Å². The van der Waals surface area contributed by atoms with Crippen LogP contribution in [0, 0.1) is 5.92 Å². The van der Waals surface area contributed by atoms with Crippen molar-refractivity contribution in [1.82, 2.24) is 4.90 Å². The summed E-state index contributed by atoms with van der Waals surface area (Å²) in [7, 11) is 1.58. The molecule has 1 aliphatic rings. The van der Waals surface area contributed by atoms with Crippen molar-refractivity contribution in [2.75, 3.05) is 26.1 Å². The Hall–Kier alpha value is -0.740. The topological polar surface area (TPSA) is 29.5 Å². The van der Waals surface area contributed by atoms with Crippen LogP contribution in [0.2, 0.25) is 0 Å². The SMILES string of the molecule is COc1cc(Br)ccc1C(=O)N1CCC(CCl)CC1. The van der Waals surface area contributed by atoms with Gasteiger partial charge in [-0.25, -0.2) is 0 Å². The van der Waals surface area contributed by atoms with Gasteiger partial charge >= 0.3 is 0 Å². The summed E-state index contributed by atoms with van der Waals surface area (Å²) in [4.78, 5) is 14.4. The highest BCUT2D eigenvalue weighted by Gasteiger charge is 2.24. The van der Waals surface area contributed by atoms with Crippen molar-refractivity contribution in [3.05, 3.63) is 28.2 Å². The maximum absolute atomic E-state index is 12.5. The van der Waals surface area contributed by atoms with Gasteiger partial charge in [0.05, 0.1) is 12.7 Å². The fraction of sp³-hybridized carbons (Fsp3) is 0.500. The van der Waals surface area contributed by atoms with E-state index in [0.717, 1.165) is 30.4 Å². The van der Waals surface area contributed by atoms with Gasteiger partial charge in [0, 0.05) is 23.4 Å². The lowest BCUT2D eigenvalue weighted by Crippen LogP contribution is -2.39. The van der Waals surface area contributed by atoms with Crippen molar-refractivity contribution >= 4 is 33.4 Å². The first-order valence-corrected chi connectivity index (χ1v) is 7.67. The number of carbonyl (C=O) groups is 1. The molecule has 0 aromatic heterocycles.